The Morgan fingerprint density at radius 1 is 1.28 bits per heavy atom. The quantitative estimate of drug-likeness (QED) is 0.762. The van der Waals surface area contributed by atoms with E-state index in [1.54, 1.807) is 0 Å². The molecule has 3 N–H and O–H groups in total. The van der Waals surface area contributed by atoms with Crippen LogP contribution in [0.25, 0.3) is 0 Å². The van der Waals surface area contributed by atoms with Gasteiger partial charge in [0.1, 0.15) is 0 Å². The fourth-order valence-electron chi connectivity index (χ4n) is 3.20. The summed E-state index contributed by atoms with van der Waals surface area (Å²) in [5, 5.41) is 17.2. The van der Waals surface area contributed by atoms with E-state index in [0.29, 0.717) is 0 Å². The summed E-state index contributed by atoms with van der Waals surface area (Å²) in [6.07, 6.45) is 5.37. The highest BCUT2D eigenvalue weighted by molar-refractivity contribution is 5.61. The lowest BCUT2D eigenvalue weighted by molar-refractivity contribution is 0.0475. The molecule has 3 rings (SSSR count). The van der Waals surface area contributed by atoms with Gasteiger partial charge in [-0.2, -0.15) is 0 Å². The number of rotatable bonds is 4. The van der Waals surface area contributed by atoms with Crippen LogP contribution < -0.4 is 10.6 Å². The number of hydrogen-bond donors (Lipinski definition) is 3. The van der Waals surface area contributed by atoms with Crippen molar-refractivity contribution in [2.45, 2.75) is 44.2 Å². The molecular weight excluding hydrogens is 224 g/mol. The predicted octanol–water partition coefficient (Wildman–Crippen LogP) is 2.05. The highest BCUT2D eigenvalue weighted by Crippen LogP contribution is 2.29. The topological polar surface area (TPSA) is 44.3 Å². The second kappa shape index (κ2) is 4.90. The maximum Gasteiger partial charge on any atom is 0.0771 e. The largest absolute Gasteiger partial charge is 0.389 e. The van der Waals surface area contributed by atoms with E-state index in [2.05, 4.69) is 28.8 Å². The SMILES string of the molecule is OC1(CNCc2cccc3c2NCC3)CCCC1. The van der Waals surface area contributed by atoms with Crippen LogP contribution >= 0.6 is 0 Å². The van der Waals surface area contributed by atoms with Crippen LogP contribution in [0.2, 0.25) is 0 Å². The van der Waals surface area contributed by atoms with Crippen LogP contribution in [0, 0.1) is 0 Å². The van der Waals surface area contributed by atoms with Gasteiger partial charge in [-0.1, -0.05) is 31.0 Å². The van der Waals surface area contributed by atoms with Crippen molar-refractivity contribution in [2.75, 3.05) is 18.4 Å². The first-order chi connectivity index (χ1) is 8.77. The van der Waals surface area contributed by atoms with Crippen molar-refractivity contribution in [3.05, 3.63) is 29.3 Å². The standard InChI is InChI=1S/C15H22N2O/c18-15(7-1-2-8-15)11-16-10-13-5-3-4-12-6-9-17-14(12)13/h3-5,16-18H,1-2,6-11H2. The summed E-state index contributed by atoms with van der Waals surface area (Å²) in [5.41, 5.74) is 3.61. The van der Waals surface area contributed by atoms with Crippen molar-refractivity contribution in [2.24, 2.45) is 0 Å². The Morgan fingerprint density at radius 3 is 2.94 bits per heavy atom. The summed E-state index contributed by atoms with van der Waals surface area (Å²) >= 11 is 0. The molecule has 1 aliphatic heterocycles. The van der Waals surface area contributed by atoms with Crippen LogP contribution in [0.5, 0.6) is 0 Å². The molecule has 1 fully saturated rings. The zero-order valence-corrected chi connectivity index (χ0v) is 10.8. The van der Waals surface area contributed by atoms with Gasteiger partial charge in [-0.05, 0) is 30.4 Å². The average Bonchev–Trinajstić information content (AvgIpc) is 2.98. The third-order valence-corrected chi connectivity index (χ3v) is 4.24. The first-order valence-electron chi connectivity index (χ1n) is 7.05. The van der Waals surface area contributed by atoms with Crippen LogP contribution in [0.1, 0.15) is 36.8 Å². The summed E-state index contributed by atoms with van der Waals surface area (Å²) in [5.74, 6) is 0. The first-order valence-corrected chi connectivity index (χ1v) is 7.05. The minimum Gasteiger partial charge on any atom is -0.389 e. The van der Waals surface area contributed by atoms with E-state index < -0.39 is 5.60 Å². The van der Waals surface area contributed by atoms with E-state index in [0.717, 1.165) is 38.9 Å². The highest BCUT2D eigenvalue weighted by atomic mass is 16.3. The minimum atomic E-state index is -0.453. The molecule has 3 heteroatoms. The zero-order valence-electron chi connectivity index (χ0n) is 10.8. The molecule has 1 aliphatic carbocycles. The normalized spacial score (nSPS) is 20.7. The van der Waals surface area contributed by atoms with E-state index >= 15 is 0 Å². The van der Waals surface area contributed by atoms with E-state index in [4.69, 9.17) is 0 Å². The summed E-state index contributed by atoms with van der Waals surface area (Å²) < 4.78 is 0. The molecule has 0 spiro atoms. The number of benzene rings is 1. The van der Waals surface area contributed by atoms with Crippen molar-refractivity contribution in [1.82, 2.24) is 5.32 Å². The molecule has 0 unspecified atom stereocenters. The summed E-state index contributed by atoms with van der Waals surface area (Å²) in [7, 11) is 0. The first kappa shape index (κ1) is 12.0. The number of hydrogen-bond acceptors (Lipinski definition) is 3. The second-order valence-corrected chi connectivity index (χ2v) is 5.66. The molecule has 1 saturated carbocycles. The third-order valence-electron chi connectivity index (χ3n) is 4.24. The minimum absolute atomic E-state index is 0.453. The number of fused-ring (bicyclic) bond motifs is 1. The highest BCUT2D eigenvalue weighted by Gasteiger charge is 2.30. The Balaban J connectivity index is 1.59. The molecule has 0 saturated heterocycles. The fourth-order valence-corrected chi connectivity index (χ4v) is 3.20. The van der Waals surface area contributed by atoms with Crippen molar-refractivity contribution in [1.29, 1.82) is 0 Å². The Morgan fingerprint density at radius 2 is 2.11 bits per heavy atom. The molecule has 2 aliphatic rings. The lowest BCUT2D eigenvalue weighted by atomic mass is 10.0. The van der Waals surface area contributed by atoms with Crippen LogP contribution in [-0.4, -0.2) is 23.8 Å². The van der Waals surface area contributed by atoms with E-state index in [-0.39, 0.29) is 0 Å². The van der Waals surface area contributed by atoms with Crippen molar-refractivity contribution in [3.63, 3.8) is 0 Å². The van der Waals surface area contributed by atoms with Crippen molar-refractivity contribution in [3.8, 4) is 0 Å². The van der Waals surface area contributed by atoms with E-state index in [1.807, 2.05) is 0 Å². The molecule has 3 nitrogen and oxygen atoms in total. The Bertz CT molecular complexity index is 425. The van der Waals surface area contributed by atoms with Gasteiger partial charge < -0.3 is 15.7 Å². The van der Waals surface area contributed by atoms with Gasteiger partial charge in [0.2, 0.25) is 0 Å². The van der Waals surface area contributed by atoms with Gasteiger partial charge in [0.05, 0.1) is 5.60 Å². The van der Waals surface area contributed by atoms with Gasteiger partial charge in [0.15, 0.2) is 0 Å². The van der Waals surface area contributed by atoms with Crippen molar-refractivity contribution >= 4 is 5.69 Å². The van der Waals surface area contributed by atoms with Crippen molar-refractivity contribution < 1.29 is 5.11 Å². The summed E-state index contributed by atoms with van der Waals surface area (Å²) in [6.45, 7) is 2.62. The second-order valence-electron chi connectivity index (χ2n) is 5.66. The molecule has 1 aromatic rings. The molecule has 0 atom stereocenters. The predicted molar refractivity (Wildman–Crippen MR) is 73.8 cm³/mol. The van der Waals surface area contributed by atoms with Crippen LogP contribution in [-0.2, 0) is 13.0 Å². The van der Waals surface area contributed by atoms with Gasteiger partial charge >= 0.3 is 0 Å². The van der Waals surface area contributed by atoms with Gasteiger partial charge in [0.25, 0.3) is 0 Å². The van der Waals surface area contributed by atoms with E-state index in [1.165, 1.54) is 29.7 Å². The Hall–Kier alpha value is -1.06. The van der Waals surface area contributed by atoms with E-state index in [9.17, 15) is 5.11 Å². The smallest absolute Gasteiger partial charge is 0.0771 e. The van der Waals surface area contributed by atoms with Gasteiger partial charge in [-0.25, -0.2) is 0 Å². The van der Waals surface area contributed by atoms with Gasteiger partial charge in [-0.15, -0.1) is 0 Å². The van der Waals surface area contributed by atoms with Gasteiger partial charge in [0, 0.05) is 25.3 Å². The van der Waals surface area contributed by atoms with Crippen LogP contribution in [0.4, 0.5) is 5.69 Å². The summed E-state index contributed by atoms with van der Waals surface area (Å²) in [6, 6.07) is 6.50. The number of anilines is 1. The third kappa shape index (κ3) is 2.38. The molecule has 0 amide bonds. The monoisotopic (exact) mass is 246 g/mol. The molecule has 0 bridgehead atoms. The van der Waals surface area contributed by atoms with Crippen LogP contribution in [0.3, 0.4) is 0 Å². The maximum atomic E-state index is 10.3. The molecule has 18 heavy (non-hydrogen) atoms. The molecule has 0 aromatic heterocycles. The fraction of sp³-hybridized carbons (Fsp3) is 0.600. The molecule has 0 radical (unpaired) electrons. The lowest BCUT2D eigenvalue weighted by Crippen LogP contribution is -2.37. The number of para-hydroxylation sites is 1. The Labute approximate surface area is 109 Å². The molecule has 98 valence electrons. The molecular formula is C15H22N2O. The average molecular weight is 246 g/mol. The number of aliphatic hydroxyl groups is 1. The molecule has 1 aromatic carbocycles. The Kier molecular flexibility index (Phi) is 3.27. The molecule has 1 heterocycles. The zero-order chi connectivity index (χ0) is 12.4. The number of nitrogens with one attached hydrogen (secondary N) is 2. The maximum absolute atomic E-state index is 10.3. The van der Waals surface area contributed by atoms with Gasteiger partial charge in [-0.3, -0.25) is 0 Å². The lowest BCUT2D eigenvalue weighted by Gasteiger charge is -2.22. The van der Waals surface area contributed by atoms with Crippen LogP contribution in [0.15, 0.2) is 18.2 Å². The summed E-state index contributed by atoms with van der Waals surface area (Å²) in [4.78, 5) is 0.